The Morgan fingerprint density at radius 3 is 2.38 bits per heavy atom. The summed E-state index contributed by atoms with van der Waals surface area (Å²) < 4.78 is 24.7. The molecule has 0 amide bonds. The highest BCUT2D eigenvalue weighted by molar-refractivity contribution is 6.53. The van der Waals surface area contributed by atoms with Gasteiger partial charge in [0.05, 0.1) is 68.7 Å². The van der Waals surface area contributed by atoms with Gasteiger partial charge in [-0.1, -0.05) is 25.9 Å². The second-order valence-electron chi connectivity index (χ2n) is 11.4. The van der Waals surface area contributed by atoms with Gasteiger partial charge in [-0.15, -0.1) is 0 Å². The monoisotopic (exact) mass is 586 g/mol. The van der Waals surface area contributed by atoms with E-state index in [0.29, 0.717) is 31.2 Å². The van der Waals surface area contributed by atoms with Gasteiger partial charge >= 0.3 is 0 Å². The molecular formula is C31H38N6O4Si. The predicted molar refractivity (Wildman–Crippen MR) is 166 cm³/mol. The molecule has 0 saturated heterocycles. The Labute approximate surface area is 248 Å². The molecule has 3 heterocycles. The SMILES string of the molecule is COc1cc(OC)cc(N(Cc2cc(C)no2)c2ccc3ncc(-c4cnn(CCO[SiH](C)C(C)(C)C)c4)nc3c2)c1. The van der Waals surface area contributed by atoms with Crippen molar-refractivity contribution in [2.45, 2.75) is 52.4 Å². The van der Waals surface area contributed by atoms with Gasteiger partial charge in [0.25, 0.3) is 0 Å². The molecule has 0 fully saturated rings. The quantitative estimate of drug-likeness (QED) is 0.165. The number of ether oxygens (including phenoxy) is 2. The molecule has 0 spiro atoms. The Kier molecular flexibility index (Phi) is 8.60. The summed E-state index contributed by atoms with van der Waals surface area (Å²) in [5.41, 5.74) is 5.81. The van der Waals surface area contributed by atoms with E-state index in [4.69, 9.17) is 23.4 Å². The minimum Gasteiger partial charge on any atom is -0.497 e. The first-order chi connectivity index (χ1) is 20.1. The first-order valence-corrected chi connectivity index (χ1v) is 16.2. The smallest absolute Gasteiger partial charge is 0.179 e. The molecule has 220 valence electrons. The lowest BCUT2D eigenvalue weighted by Crippen LogP contribution is -2.27. The summed E-state index contributed by atoms with van der Waals surface area (Å²) in [6.45, 7) is 12.6. The summed E-state index contributed by atoms with van der Waals surface area (Å²) >= 11 is 0. The van der Waals surface area contributed by atoms with E-state index in [-0.39, 0.29) is 5.04 Å². The largest absolute Gasteiger partial charge is 0.497 e. The zero-order valence-corrected chi connectivity index (χ0v) is 26.4. The van der Waals surface area contributed by atoms with Crippen LogP contribution in [-0.2, 0) is 17.5 Å². The Balaban J connectivity index is 1.44. The summed E-state index contributed by atoms with van der Waals surface area (Å²) in [5.74, 6) is 2.09. The summed E-state index contributed by atoms with van der Waals surface area (Å²) in [7, 11) is 2.00. The lowest BCUT2D eigenvalue weighted by Gasteiger charge is -2.25. The van der Waals surface area contributed by atoms with Gasteiger partial charge in [0.15, 0.2) is 14.8 Å². The van der Waals surface area contributed by atoms with E-state index < -0.39 is 9.04 Å². The van der Waals surface area contributed by atoms with E-state index in [0.717, 1.165) is 45.1 Å². The van der Waals surface area contributed by atoms with E-state index in [9.17, 15) is 0 Å². The van der Waals surface area contributed by atoms with Crippen LogP contribution in [0, 0.1) is 6.92 Å². The zero-order chi connectivity index (χ0) is 29.9. The molecule has 11 heteroatoms. The molecule has 10 nitrogen and oxygen atoms in total. The van der Waals surface area contributed by atoms with Crippen LogP contribution in [0.3, 0.4) is 0 Å². The van der Waals surface area contributed by atoms with E-state index >= 15 is 0 Å². The number of hydrogen-bond donors (Lipinski definition) is 0. The van der Waals surface area contributed by atoms with Crippen LogP contribution >= 0.6 is 0 Å². The van der Waals surface area contributed by atoms with Crippen LogP contribution in [0.1, 0.15) is 32.2 Å². The lowest BCUT2D eigenvalue weighted by atomic mass is 10.1. The van der Waals surface area contributed by atoms with Crippen LogP contribution in [-0.4, -0.2) is 54.8 Å². The molecule has 0 aliphatic heterocycles. The van der Waals surface area contributed by atoms with E-state index in [1.165, 1.54) is 0 Å². The maximum atomic E-state index is 6.15. The van der Waals surface area contributed by atoms with Crippen LogP contribution in [0.4, 0.5) is 11.4 Å². The van der Waals surface area contributed by atoms with Gasteiger partial charge in [-0.25, -0.2) is 4.98 Å². The van der Waals surface area contributed by atoms with E-state index in [2.05, 4.69) is 47.5 Å². The lowest BCUT2D eigenvalue weighted by molar-refractivity contribution is 0.281. The van der Waals surface area contributed by atoms with Crippen LogP contribution in [0.5, 0.6) is 11.5 Å². The van der Waals surface area contributed by atoms with Gasteiger partial charge in [-0.2, -0.15) is 5.10 Å². The maximum Gasteiger partial charge on any atom is 0.179 e. The number of benzene rings is 2. The number of aromatic nitrogens is 5. The van der Waals surface area contributed by atoms with Crippen molar-refractivity contribution in [2.24, 2.45) is 0 Å². The number of nitrogens with zero attached hydrogens (tertiary/aromatic N) is 6. The third-order valence-corrected chi connectivity index (χ3v) is 10.5. The third kappa shape index (κ3) is 6.80. The Bertz CT molecular complexity index is 1640. The van der Waals surface area contributed by atoms with Crippen molar-refractivity contribution in [2.75, 3.05) is 25.7 Å². The van der Waals surface area contributed by atoms with Gasteiger partial charge in [0.1, 0.15) is 11.5 Å². The highest BCUT2D eigenvalue weighted by Gasteiger charge is 2.23. The molecule has 0 saturated carbocycles. The highest BCUT2D eigenvalue weighted by Crippen LogP contribution is 2.35. The molecule has 42 heavy (non-hydrogen) atoms. The van der Waals surface area contributed by atoms with Crippen LogP contribution < -0.4 is 14.4 Å². The minimum atomic E-state index is -1.27. The number of fused-ring (bicyclic) bond motifs is 1. The van der Waals surface area contributed by atoms with Crippen LogP contribution in [0.25, 0.3) is 22.3 Å². The van der Waals surface area contributed by atoms with Crippen LogP contribution in [0.2, 0.25) is 11.6 Å². The summed E-state index contributed by atoms with van der Waals surface area (Å²) in [5, 5.41) is 8.84. The zero-order valence-electron chi connectivity index (χ0n) is 25.3. The molecule has 0 aliphatic rings. The molecule has 5 aromatic rings. The molecule has 0 aliphatic carbocycles. The number of anilines is 2. The fourth-order valence-corrected chi connectivity index (χ4v) is 5.38. The van der Waals surface area contributed by atoms with Gasteiger partial charge < -0.3 is 23.3 Å². The summed E-state index contributed by atoms with van der Waals surface area (Å²) in [6, 6.07) is 13.7. The standard InChI is InChI=1S/C31H38N6O4Si/c1-21-12-27(41-35-21)20-37(24-13-25(38-5)16-26(14-24)39-6)23-8-9-28-29(15-23)34-30(18-32-28)22-17-33-36(19-22)10-11-40-42(7)31(2,3)4/h8-9,12-19,42H,10-11,20H2,1-7H3. The van der Waals surface area contributed by atoms with Gasteiger partial charge in [-0.3, -0.25) is 9.67 Å². The van der Waals surface area contributed by atoms with Crippen molar-refractivity contribution in [3.05, 3.63) is 72.5 Å². The number of rotatable bonds is 11. The Morgan fingerprint density at radius 1 is 0.952 bits per heavy atom. The van der Waals surface area contributed by atoms with Gasteiger partial charge in [-0.05, 0) is 36.7 Å². The number of aryl methyl sites for hydroxylation is 1. The molecule has 0 bridgehead atoms. The second-order valence-corrected chi connectivity index (χ2v) is 14.7. The number of hydrogen-bond acceptors (Lipinski definition) is 9. The maximum absolute atomic E-state index is 6.15. The minimum absolute atomic E-state index is 0.233. The molecule has 1 unspecified atom stereocenters. The van der Waals surface area contributed by atoms with Gasteiger partial charge in [0, 0.05) is 47.4 Å². The molecule has 0 N–H and O–H groups in total. The normalized spacial score (nSPS) is 12.5. The Hall–Kier alpha value is -4.22. The fourth-order valence-electron chi connectivity index (χ4n) is 4.42. The summed E-state index contributed by atoms with van der Waals surface area (Å²) in [4.78, 5) is 11.8. The van der Waals surface area contributed by atoms with Crippen molar-refractivity contribution >= 4 is 31.4 Å². The molecule has 3 aromatic heterocycles. The highest BCUT2D eigenvalue weighted by atomic mass is 28.3. The predicted octanol–water partition coefficient (Wildman–Crippen LogP) is 6.32. The molecule has 2 aromatic carbocycles. The van der Waals surface area contributed by atoms with Crippen molar-refractivity contribution in [1.29, 1.82) is 0 Å². The molecular weight excluding hydrogens is 548 g/mol. The summed E-state index contributed by atoms with van der Waals surface area (Å²) in [6.07, 6.45) is 5.61. The van der Waals surface area contributed by atoms with E-state index in [1.807, 2.05) is 66.5 Å². The Morgan fingerprint density at radius 2 is 1.71 bits per heavy atom. The van der Waals surface area contributed by atoms with Crippen LogP contribution in [0.15, 0.2) is 65.6 Å². The molecule has 5 rings (SSSR count). The fraction of sp³-hybridized carbons (Fsp3) is 0.355. The second kappa shape index (κ2) is 12.3. The third-order valence-electron chi connectivity index (χ3n) is 7.31. The van der Waals surface area contributed by atoms with E-state index in [1.54, 1.807) is 20.4 Å². The molecule has 1 atom stereocenters. The average molecular weight is 587 g/mol. The van der Waals surface area contributed by atoms with Crippen molar-refractivity contribution in [1.82, 2.24) is 24.9 Å². The molecule has 0 radical (unpaired) electrons. The number of methoxy groups -OCH3 is 2. The average Bonchev–Trinajstić information content (AvgIpc) is 3.63. The first-order valence-electron chi connectivity index (χ1n) is 14.0. The van der Waals surface area contributed by atoms with Crippen molar-refractivity contribution < 1.29 is 18.4 Å². The van der Waals surface area contributed by atoms with Crippen molar-refractivity contribution in [3.63, 3.8) is 0 Å². The van der Waals surface area contributed by atoms with Gasteiger partial charge in [0.2, 0.25) is 0 Å². The first kappa shape index (κ1) is 29.3. The van der Waals surface area contributed by atoms with Crippen molar-refractivity contribution in [3.8, 4) is 22.8 Å². The topological polar surface area (TPSA) is 101 Å².